The van der Waals surface area contributed by atoms with Crippen LogP contribution < -0.4 is 4.72 Å². The number of alkyl halides is 1. The Labute approximate surface area is 122 Å². The van der Waals surface area contributed by atoms with Crippen molar-refractivity contribution in [2.45, 2.75) is 49.8 Å². The third kappa shape index (κ3) is 4.05. The van der Waals surface area contributed by atoms with Gasteiger partial charge in [-0.05, 0) is 38.3 Å². The van der Waals surface area contributed by atoms with Gasteiger partial charge < -0.3 is 0 Å². The van der Waals surface area contributed by atoms with Crippen LogP contribution in [0.25, 0.3) is 0 Å². The predicted octanol–water partition coefficient (Wildman–Crippen LogP) is 3.54. The molecule has 3 nitrogen and oxygen atoms in total. The normalized spacial score (nSPS) is 15.6. The lowest BCUT2D eigenvalue weighted by Gasteiger charge is -2.28. The van der Waals surface area contributed by atoms with Crippen molar-refractivity contribution in [1.29, 1.82) is 0 Å². The Morgan fingerprint density at radius 2 is 2.06 bits per heavy atom. The molecular weight excluding hydrogens is 334 g/mol. The maximum absolute atomic E-state index is 12.3. The molecule has 0 fully saturated rings. The minimum atomic E-state index is -3.39. The summed E-state index contributed by atoms with van der Waals surface area (Å²) in [4.78, 5) is 1.09. The van der Waals surface area contributed by atoms with Crippen molar-refractivity contribution >= 4 is 37.3 Å². The second kappa shape index (κ2) is 6.50. The van der Waals surface area contributed by atoms with Gasteiger partial charge in [0.25, 0.3) is 10.0 Å². The maximum atomic E-state index is 12.3. The zero-order valence-electron chi connectivity index (χ0n) is 11.0. The van der Waals surface area contributed by atoms with Gasteiger partial charge in [-0.3, -0.25) is 0 Å². The number of thiophene rings is 1. The molecular formula is C12H20BrNO2S2. The summed E-state index contributed by atoms with van der Waals surface area (Å²) in [7, 11) is -3.39. The number of rotatable bonds is 7. The van der Waals surface area contributed by atoms with Gasteiger partial charge in [0.05, 0.1) is 0 Å². The van der Waals surface area contributed by atoms with Crippen LogP contribution in [0, 0.1) is 0 Å². The monoisotopic (exact) mass is 353 g/mol. The fraction of sp³-hybridized carbons (Fsp3) is 0.667. The lowest BCUT2D eigenvalue weighted by molar-refractivity contribution is 0.393. The lowest BCUT2D eigenvalue weighted by Crippen LogP contribution is -2.45. The Kier molecular flexibility index (Phi) is 5.83. The van der Waals surface area contributed by atoms with Crippen molar-refractivity contribution in [1.82, 2.24) is 4.72 Å². The zero-order chi connectivity index (χ0) is 13.8. The number of aryl methyl sites for hydroxylation is 1. The fourth-order valence-electron chi connectivity index (χ4n) is 1.58. The van der Waals surface area contributed by atoms with Crippen LogP contribution in [-0.4, -0.2) is 19.3 Å². The molecule has 0 radical (unpaired) electrons. The van der Waals surface area contributed by atoms with Crippen molar-refractivity contribution in [2.75, 3.05) is 5.33 Å². The highest BCUT2D eigenvalue weighted by Crippen LogP contribution is 2.25. The van der Waals surface area contributed by atoms with Gasteiger partial charge in [0, 0.05) is 15.7 Å². The topological polar surface area (TPSA) is 46.2 Å². The Balaban J connectivity index is 2.93. The van der Waals surface area contributed by atoms with Gasteiger partial charge >= 0.3 is 0 Å². The second-order valence-electron chi connectivity index (χ2n) is 4.53. The van der Waals surface area contributed by atoms with E-state index in [1.165, 1.54) is 11.3 Å². The molecule has 1 heterocycles. The van der Waals surface area contributed by atoms with Gasteiger partial charge in [-0.2, -0.15) is 0 Å². The largest absolute Gasteiger partial charge is 0.250 e. The molecule has 1 atom stereocenters. The molecule has 0 saturated heterocycles. The average molecular weight is 354 g/mol. The highest BCUT2D eigenvalue weighted by atomic mass is 79.9. The lowest BCUT2D eigenvalue weighted by atomic mass is 9.98. The molecule has 1 unspecified atom stereocenters. The van der Waals surface area contributed by atoms with Gasteiger partial charge in [0.15, 0.2) is 0 Å². The van der Waals surface area contributed by atoms with E-state index in [-0.39, 0.29) is 0 Å². The number of nitrogens with one attached hydrogen (secondary N) is 1. The third-order valence-corrected chi connectivity index (χ3v) is 6.81. The molecule has 1 aromatic heterocycles. The summed E-state index contributed by atoms with van der Waals surface area (Å²) < 4.78 is 27.8. The Morgan fingerprint density at radius 3 is 2.50 bits per heavy atom. The first-order valence-corrected chi connectivity index (χ1v) is 9.47. The summed E-state index contributed by atoms with van der Waals surface area (Å²) in [6.45, 7) is 5.97. The van der Waals surface area contributed by atoms with E-state index in [0.717, 1.165) is 29.5 Å². The molecule has 0 spiro atoms. The van der Waals surface area contributed by atoms with Crippen LogP contribution in [0.2, 0.25) is 0 Å². The van der Waals surface area contributed by atoms with Crippen LogP contribution in [0.3, 0.4) is 0 Å². The van der Waals surface area contributed by atoms with Crippen molar-refractivity contribution < 1.29 is 8.42 Å². The molecule has 0 saturated carbocycles. The van der Waals surface area contributed by atoms with Crippen LogP contribution in [0.4, 0.5) is 0 Å². The standard InChI is InChI=1S/C12H20BrNO2S2/c1-4-10-6-7-11(17-10)18(15,16)14-12(3,5-2)8-9-13/h6-7,14H,4-5,8-9H2,1-3H3. The van der Waals surface area contributed by atoms with E-state index in [1.807, 2.05) is 26.8 Å². The molecule has 0 bridgehead atoms. The molecule has 0 aliphatic carbocycles. The van der Waals surface area contributed by atoms with Gasteiger partial charge in [0.2, 0.25) is 0 Å². The van der Waals surface area contributed by atoms with Crippen LogP contribution in [0.5, 0.6) is 0 Å². The molecule has 18 heavy (non-hydrogen) atoms. The van der Waals surface area contributed by atoms with Crippen molar-refractivity contribution in [2.24, 2.45) is 0 Å². The van der Waals surface area contributed by atoms with Crippen molar-refractivity contribution in [3.63, 3.8) is 0 Å². The SMILES string of the molecule is CCc1ccc(S(=O)(=O)NC(C)(CC)CCBr)s1. The van der Waals surface area contributed by atoms with E-state index < -0.39 is 15.6 Å². The third-order valence-electron chi connectivity index (χ3n) is 3.06. The smallest absolute Gasteiger partial charge is 0.206 e. The molecule has 0 amide bonds. The Hall–Kier alpha value is 0.0900. The maximum Gasteiger partial charge on any atom is 0.250 e. The number of hydrogen-bond donors (Lipinski definition) is 1. The van der Waals surface area contributed by atoms with Crippen LogP contribution in [-0.2, 0) is 16.4 Å². The summed E-state index contributed by atoms with van der Waals surface area (Å²) >= 11 is 4.72. The summed E-state index contributed by atoms with van der Waals surface area (Å²) in [5.41, 5.74) is -0.390. The Morgan fingerprint density at radius 1 is 1.39 bits per heavy atom. The van der Waals surface area contributed by atoms with Crippen LogP contribution in [0.15, 0.2) is 16.3 Å². The predicted molar refractivity (Wildman–Crippen MR) is 81.1 cm³/mol. The molecule has 0 aliphatic rings. The molecule has 0 aliphatic heterocycles. The van der Waals surface area contributed by atoms with Gasteiger partial charge in [0.1, 0.15) is 4.21 Å². The molecule has 6 heteroatoms. The molecule has 104 valence electrons. The highest BCUT2D eigenvalue weighted by Gasteiger charge is 2.29. The molecule has 1 rings (SSSR count). The molecule has 0 aromatic carbocycles. The quantitative estimate of drug-likeness (QED) is 0.762. The van der Waals surface area contributed by atoms with E-state index in [2.05, 4.69) is 20.7 Å². The Bertz CT molecular complexity index is 484. The fourth-order valence-corrected chi connectivity index (χ4v) is 5.25. The van der Waals surface area contributed by atoms with E-state index in [1.54, 1.807) is 6.07 Å². The van der Waals surface area contributed by atoms with Gasteiger partial charge in [-0.1, -0.05) is 29.8 Å². The summed E-state index contributed by atoms with van der Waals surface area (Å²) in [6, 6.07) is 3.57. The van der Waals surface area contributed by atoms with Crippen LogP contribution >= 0.6 is 27.3 Å². The number of sulfonamides is 1. The van der Waals surface area contributed by atoms with Gasteiger partial charge in [-0.25, -0.2) is 13.1 Å². The minimum absolute atomic E-state index is 0.390. The molecule has 1 N–H and O–H groups in total. The first kappa shape index (κ1) is 16.1. The van der Waals surface area contributed by atoms with E-state index in [9.17, 15) is 8.42 Å². The second-order valence-corrected chi connectivity index (χ2v) is 8.40. The zero-order valence-corrected chi connectivity index (χ0v) is 14.2. The van der Waals surface area contributed by atoms with Crippen molar-refractivity contribution in [3.05, 3.63) is 17.0 Å². The number of hydrogen-bond acceptors (Lipinski definition) is 3. The van der Waals surface area contributed by atoms with E-state index >= 15 is 0 Å². The van der Waals surface area contributed by atoms with E-state index in [0.29, 0.717) is 4.21 Å². The first-order valence-electron chi connectivity index (χ1n) is 6.05. The highest BCUT2D eigenvalue weighted by molar-refractivity contribution is 9.09. The molecule has 1 aromatic rings. The summed E-state index contributed by atoms with van der Waals surface area (Å²) in [6.07, 6.45) is 2.41. The van der Waals surface area contributed by atoms with E-state index in [4.69, 9.17) is 0 Å². The number of halogens is 1. The minimum Gasteiger partial charge on any atom is -0.206 e. The summed E-state index contributed by atoms with van der Waals surface area (Å²) in [5, 5.41) is 0.782. The first-order chi connectivity index (χ1) is 8.37. The average Bonchev–Trinajstić information content (AvgIpc) is 2.78. The van der Waals surface area contributed by atoms with Crippen molar-refractivity contribution in [3.8, 4) is 0 Å². The van der Waals surface area contributed by atoms with Gasteiger partial charge in [-0.15, -0.1) is 11.3 Å². The summed E-state index contributed by atoms with van der Waals surface area (Å²) in [5.74, 6) is 0. The van der Waals surface area contributed by atoms with Crippen LogP contribution in [0.1, 0.15) is 38.5 Å².